The number of rotatable bonds is 3. The minimum Gasteiger partial charge on any atom is -0.207 e. The van der Waals surface area contributed by atoms with Crippen molar-refractivity contribution in [3.05, 3.63) is 64.8 Å². The van der Waals surface area contributed by atoms with Crippen molar-refractivity contribution in [1.82, 2.24) is 0 Å². The summed E-state index contributed by atoms with van der Waals surface area (Å²) in [7, 11) is 0. The molecule has 5 nitrogen and oxygen atoms in total. The van der Waals surface area contributed by atoms with Gasteiger partial charge in [-0.2, -0.15) is 9.98 Å². The number of benzene rings is 2. The molecule has 0 aromatic heterocycles. The van der Waals surface area contributed by atoms with Gasteiger partial charge in [-0.3, -0.25) is 0 Å². The summed E-state index contributed by atoms with van der Waals surface area (Å²) in [6.45, 7) is 0. The predicted molar refractivity (Wildman–Crippen MR) is 91.0 cm³/mol. The van der Waals surface area contributed by atoms with Crippen LogP contribution in [0.15, 0.2) is 63.6 Å². The van der Waals surface area contributed by atoms with Crippen LogP contribution in [0.2, 0.25) is 0 Å². The first-order chi connectivity index (χ1) is 10.7. The lowest BCUT2D eigenvalue weighted by molar-refractivity contribution is 0.628. The van der Waals surface area contributed by atoms with E-state index in [1.54, 1.807) is 24.3 Å². The van der Waals surface area contributed by atoms with E-state index < -0.39 is 0 Å². The summed E-state index contributed by atoms with van der Waals surface area (Å²) in [6.07, 6.45) is 0. The van der Waals surface area contributed by atoms with Crippen molar-refractivity contribution < 1.29 is 4.39 Å². The van der Waals surface area contributed by atoms with Crippen LogP contribution in [-0.4, -0.2) is 10.3 Å². The normalized spacial score (nSPS) is 8.23. The number of azide groups is 1. The van der Waals surface area contributed by atoms with Gasteiger partial charge in [0.1, 0.15) is 5.82 Å². The minimum absolute atomic E-state index is 0.275. The Morgan fingerprint density at radius 3 is 1.64 bits per heavy atom. The summed E-state index contributed by atoms with van der Waals surface area (Å²) in [4.78, 5) is 10.0. The molecule has 0 radical (unpaired) electrons. The van der Waals surface area contributed by atoms with Crippen LogP contribution in [-0.2, 0) is 0 Å². The van der Waals surface area contributed by atoms with Crippen molar-refractivity contribution in [2.24, 2.45) is 15.1 Å². The number of nitrogens with zero attached hydrogens (tertiary/aromatic N) is 5. The lowest BCUT2D eigenvalue weighted by atomic mass is 10.3. The molecule has 0 N–H and O–H groups in total. The van der Waals surface area contributed by atoms with Crippen LogP contribution >= 0.6 is 24.4 Å². The van der Waals surface area contributed by atoms with Gasteiger partial charge in [-0.15, -0.1) is 0 Å². The molecule has 0 bridgehead atoms. The average Bonchev–Trinajstić information content (AvgIpc) is 2.53. The number of aliphatic imine (C=N–C) groups is 2. The maximum atomic E-state index is 12.2. The molecule has 0 spiro atoms. The van der Waals surface area contributed by atoms with Gasteiger partial charge in [0.15, 0.2) is 0 Å². The van der Waals surface area contributed by atoms with E-state index in [4.69, 9.17) is 5.53 Å². The van der Waals surface area contributed by atoms with Gasteiger partial charge in [-0.1, -0.05) is 17.2 Å². The molecule has 0 aliphatic carbocycles. The van der Waals surface area contributed by atoms with Crippen LogP contribution in [0.5, 0.6) is 0 Å². The van der Waals surface area contributed by atoms with E-state index in [1.165, 1.54) is 24.3 Å². The number of hydrogen-bond donors (Lipinski definition) is 0. The zero-order chi connectivity index (χ0) is 16.2. The lowest BCUT2D eigenvalue weighted by Crippen LogP contribution is -1.68. The van der Waals surface area contributed by atoms with Gasteiger partial charge in [-0.05, 0) is 66.4 Å². The van der Waals surface area contributed by atoms with E-state index in [2.05, 4.69) is 54.8 Å². The second-order valence-corrected chi connectivity index (χ2v) is 3.95. The highest BCUT2D eigenvalue weighted by Crippen LogP contribution is 2.17. The van der Waals surface area contributed by atoms with Gasteiger partial charge in [-0.25, -0.2) is 4.39 Å². The van der Waals surface area contributed by atoms with Crippen molar-refractivity contribution in [3.8, 4) is 0 Å². The number of hydrogen-bond acceptors (Lipinski definition) is 5. The van der Waals surface area contributed by atoms with E-state index in [0.29, 0.717) is 17.1 Å². The van der Waals surface area contributed by atoms with Crippen LogP contribution in [0.3, 0.4) is 0 Å². The predicted octanol–water partition coefficient (Wildman–Crippen LogP) is 5.92. The fraction of sp³-hybridized carbons (Fsp3) is 0. The highest BCUT2D eigenvalue weighted by Gasteiger charge is 1.88. The molecular formula is C14H8FN5S2. The number of isothiocyanates is 2. The van der Waals surface area contributed by atoms with Gasteiger partial charge in [0.2, 0.25) is 0 Å². The smallest absolute Gasteiger partial charge is 0.123 e. The van der Waals surface area contributed by atoms with E-state index in [0.717, 1.165) is 0 Å². The molecule has 0 aliphatic rings. The quantitative estimate of drug-likeness (QED) is 0.230. The Bertz CT molecular complexity index is 718. The van der Waals surface area contributed by atoms with Crippen LogP contribution in [0, 0.1) is 5.82 Å². The van der Waals surface area contributed by atoms with E-state index in [-0.39, 0.29) is 5.82 Å². The summed E-state index contributed by atoms with van der Waals surface area (Å²) < 4.78 is 12.2. The zero-order valence-corrected chi connectivity index (χ0v) is 12.7. The summed E-state index contributed by atoms with van der Waals surface area (Å²) in [5, 5.41) is 7.83. The summed E-state index contributed by atoms with van der Waals surface area (Å²) in [5.41, 5.74) is 9.97. The van der Waals surface area contributed by atoms with Crippen molar-refractivity contribution in [1.29, 1.82) is 0 Å². The van der Waals surface area contributed by atoms with Crippen molar-refractivity contribution in [2.45, 2.75) is 0 Å². The molecule has 0 heterocycles. The topological polar surface area (TPSA) is 73.5 Å². The summed E-state index contributed by atoms with van der Waals surface area (Å²) in [5.74, 6) is -0.275. The van der Waals surface area contributed by atoms with E-state index in [1.807, 2.05) is 0 Å². The molecule has 0 amide bonds. The highest BCUT2D eigenvalue weighted by atomic mass is 32.1. The second-order valence-electron chi connectivity index (χ2n) is 3.59. The molecule has 0 atom stereocenters. The van der Waals surface area contributed by atoms with Crippen LogP contribution in [0.4, 0.5) is 21.5 Å². The summed E-state index contributed by atoms with van der Waals surface area (Å²) >= 11 is 8.78. The first-order valence-corrected chi connectivity index (χ1v) is 6.57. The molecule has 2 aromatic carbocycles. The SMILES string of the molecule is Fc1ccc(N=C=S)cc1.[N-]=[N+]=Nc1ccc(N=C=S)cc1. The monoisotopic (exact) mass is 329 g/mol. The van der Waals surface area contributed by atoms with Crippen molar-refractivity contribution >= 4 is 51.8 Å². The molecule has 0 fully saturated rings. The Balaban J connectivity index is 0.000000224. The standard InChI is InChI=1S/C7H4FNS.C7H4N4S/c8-6-1-3-7(4-2-6)9-5-10;8-11-10-7-3-1-6(2-4-7)9-5-12/h1-4H;1-4H. The van der Waals surface area contributed by atoms with E-state index in [9.17, 15) is 4.39 Å². The van der Waals surface area contributed by atoms with Crippen LogP contribution < -0.4 is 0 Å². The molecule has 2 aromatic rings. The van der Waals surface area contributed by atoms with Gasteiger partial charge in [0, 0.05) is 10.6 Å². The van der Waals surface area contributed by atoms with Gasteiger partial charge in [0.25, 0.3) is 0 Å². The molecule has 8 heteroatoms. The first kappa shape index (κ1) is 17.3. The Hall–Kier alpha value is -2.72. The molecule has 0 unspecified atom stereocenters. The Morgan fingerprint density at radius 1 is 0.818 bits per heavy atom. The molecular weight excluding hydrogens is 321 g/mol. The molecule has 0 saturated carbocycles. The lowest BCUT2D eigenvalue weighted by Gasteiger charge is -1.90. The fourth-order valence-electron chi connectivity index (χ4n) is 1.27. The number of halogens is 1. The summed E-state index contributed by atoms with van der Waals surface area (Å²) in [6, 6.07) is 12.4. The van der Waals surface area contributed by atoms with E-state index >= 15 is 0 Å². The third-order valence-electron chi connectivity index (χ3n) is 2.19. The molecule has 2 rings (SSSR count). The maximum absolute atomic E-state index is 12.2. The highest BCUT2D eigenvalue weighted by molar-refractivity contribution is 7.78. The Morgan fingerprint density at radius 2 is 1.23 bits per heavy atom. The second kappa shape index (κ2) is 10.1. The van der Waals surface area contributed by atoms with Crippen molar-refractivity contribution in [3.63, 3.8) is 0 Å². The third kappa shape index (κ3) is 6.63. The van der Waals surface area contributed by atoms with Gasteiger partial charge in [0.05, 0.1) is 21.7 Å². The van der Waals surface area contributed by atoms with Gasteiger partial charge < -0.3 is 0 Å². The van der Waals surface area contributed by atoms with Gasteiger partial charge >= 0.3 is 0 Å². The fourth-order valence-corrected chi connectivity index (χ4v) is 1.48. The van der Waals surface area contributed by atoms with Crippen LogP contribution in [0.1, 0.15) is 0 Å². The first-order valence-electron chi connectivity index (χ1n) is 5.76. The minimum atomic E-state index is -0.275. The number of thiocarbonyl (C=S) groups is 2. The largest absolute Gasteiger partial charge is 0.207 e. The molecule has 0 aliphatic heterocycles. The van der Waals surface area contributed by atoms with Crippen molar-refractivity contribution in [2.75, 3.05) is 0 Å². The molecule has 0 saturated heterocycles. The Kier molecular flexibility index (Phi) is 7.93. The maximum Gasteiger partial charge on any atom is 0.123 e. The van der Waals surface area contributed by atoms with Crippen LogP contribution in [0.25, 0.3) is 10.4 Å². The zero-order valence-electron chi connectivity index (χ0n) is 11.0. The molecule has 22 heavy (non-hydrogen) atoms. The third-order valence-corrected chi connectivity index (χ3v) is 2.37. The molecule has 108 valence electrons. The average molecular weight is 329 g/mol. The Labute approximate surface area is 136 Å².